The van der Waals surface area contributed by atoms with Crippen LogP contribution >= 0.6 is 0 Å². The van der Waals surface area contributed by atoms with E-state index < -0.39 is 49.2 Å². The second-order valence-corrected chi connectivity index (χ2v) is 6.20. The first-order valence-electron chi connectivity index (χ1n) is 5.22. The highest BCUT2D eigenvalue weighted by Gasteiger charge is 2.56. The number of β-lactam (4-membered cyclic amide) rings is 1. The maximum atomic E-state index is 12.1. The number of amides is 1. The van der Waals surface area contributed by atoms with E-state index in [-0.39, 0.29) is 5.57 Å². The lowest BCUT2D eigenvalue weighted by atomic mass is 10.0. The Morgan fingerprint density at radius 2 is 1.90 bits per heavy atom. The van der Waals surface area contributed by atoms with Crippen LogP contribution in [0.4, 0.5) is 0 Å². The fourth-order valence-corrected chi connectivity index (χ4v) is 3.90. The van der Waals surface area contributed by atoms with E-state index in [1.165, 1.54) is 6.92 Å². The van der Waals surface area contributed by atoms with Gasteiger partial charge >= 0.3 is 0 Å². The summed E-state index contributed by atoms with van der Waals surface area (Å²) in [6, 6.07) is 0. The van der Waals surface area contributed by atoms with Crippen LogP contribution in [0.5, 0.6) is 0 Å². The molecule has 0 aliphatic carbocycles. The summed E-state index contributed by atoms with van der Waals surface area (Å²) in [4.78, 5) is 33.2. The average Bonchev–Trinajstić information content (AvgIpc) is 2.32. The third kappa shape index (κ3) is 1.59. The molecule has 1 saturated heterocycles. The lowest BCUT2D eigenvalue weighted by Gasteiger charge is -2.47. The normalized spacial score (nSPS) is 26.4. The summed E-state index contributed by atoms with van der Waals surface area (Å²) in [5.74, 6) is -4.53. The summed E-state index contributed by atoms with van der Waals surface area (Å²) in [6.45, 7) is 4.45. The van der Waals surface area contributed by atoms with Crippen LogP contribution in [0.2, 0.25) is 0 Å². The van der Waals surface area contributed by atoms with Gasteiger partial charge in [0.25, 0.3) is 5.91 Å². The Labute approximate surface area is 113 Å². The molecular weight excluding hydrogens is 290 g/mol. The Morgan fingerprint density at radius 1 is 1.35 bits per heavy atom. The van der Waals surface area contributed by atoms with Crippen LogP contribution in [0, 0.1) is 0 Å². The zero-order chi connectivity index (χ0) is 15.4. The number of hydrogen-bond donors (Lipinski definition) is 0. The maximum absolute atomic E-state index is 12.1. The van der Waals surface area contributed by atoms with Gasteiger partial charge in [0.1, 0.15) is 0 Å². The number of rotatable bonds is 2. The van der Waals surface area contributed by atoms with Crippen molar-refractivity contribution in [3.05, 3.63) is 34.4 Å². The first-order chi connectivity index (χ1) is 9.10. The first kappa shape index (κ1) is 14.0. The molecule has 106 valence electrons. The molecule has 1 atom stereocenters. The van der Waals surface area contributed by atoms with E-state index >= 15 is 0 Å². The van der Waals surface area contributed by atoms with E-state index in [0.717, 1.165) is 0 Å². The van der Waals surface area contributed by atoms with Crippen LogP contribution in [-0.2, 0) is 24.2 Å². The molecule has 0 radical (unpaired) electrons. The van der Waals surface area contributed by atoms with Crippen LogP contribution in [0.1, 0.15) is 6.92 Å². The topological polar surface area (TPSA) is 135 Å². The van der Waals surface area contributed by atoms with Gasteiger partial charge in [-0.15, -0.1) is 0 Å². The zero-order valence-electron chi connectivity index (χ0n) is 10.1. The SMILES string of the molecule is C=C1C(C)=C(C(=O)[O-])N2C(=O)/C(=C/C(=O)[O-])[C@H]2S1(=O)=O. The van der Waals surface area contributed by atoms with Gasteiger partial charge in [-0.2, -0.15) is 0 Å². The van der Waals surface area contributed by atoms with Crippen molar-refractivity contribution in [3.63, 3.8) is 0 Å². The van der Waals surface area contributed by atoms with E-state index in [2.05, 4.69) is 6.58 Å². The molecule has 2 aliphatic heterocycles. The van der Waals surface area contributed by atoms with Crippen molar-refractivity contribution >= 4 is 27.7 Å². The van der Waals surface area contributed by atoms with Crippen molar-refractivity contribution in [3.8, 4) is 0 Å². The van der Waals surface area contributed by atoms with Crippen LogP contribution in [0.15, 0.2) is 34.4 Å². The zero-order valence-corrected chi connectivity index (χ0v) is 10.9. The second kappa shape index (κ2) is 4.04. The van der Waals surface area contributed by atoms with Gasteiger partial charge in [0, 0.05) is 0 Å². The fourth-order valence-electron chi connectivity index (χ4n) is 2.12. The highest BCUT2D eigenvalue weighted by atomic mass is 32.2. The molecule has 0 N–H and O–H groups in total. The molecule has 0 aromatic rings. The minimum atomic E-state index is -4.14. The molecule has 20 heavy (non-hydrogen) atoms. The summed E-state index contributed by atoms with van der Waals surface area (Å²) in [7, 11) is -4.14. The average molecular weight is 297 g/mol. The molecule has 1 fully saturated rings. The molecule has 8 nitrogen and oxygen atoms in total. The fraction of sp³-hybridized carbons (Fsp3) is 0.182. The smallest absolute Gasteiger partial charge is 0.258 e. The molecule has 0 saturated carbocycles. The van der Waals surface area contributed by atoms with Gasteiger partial charge in [-0.25, -0.2) is 8.42 Å². The van der Waals surface area contributed by atoms with Gasteiger partial charge in [0.15, 0.2) is 5.37 Å². The minimum Gasteiger partial charge on any atom is -0.545 e. The van der Waals surface area contributed by atoms with Crippen LogP contribution < -0.4 is 10.2 Å². The molecule has 9 heteroatoms. The van der Waals surface area contributed by atoms with Crippen LogP contribution in [0.3, 0.4) is 0 Å². The number of allylic oxidation sites excluding steroid dienone is 1. The summed E-state index contributed by atoms with van der Waals surface area (Å²) < 4.78 is 24.2. The van der Waals surface area contributed by atoms with Gasteiger partial charge < -0.3 is 19.8 Å². The third-order valence-electron chi connectivity index (χ3n) is 3.08. The predicted molar refractivity (Wildman–Crippen MR) is 59.5 cm³/mol. The molecule has 0 unspecified atom stereocenters. The number of hydrogen-bond acceptors (Lipinski definition) is 7. The van der Waals surface area contributed by atoms with Crippen molar-refractivity contribution in [1.29, 1.82) is 0 Å². The van der Waals surface area contributed by atoms with Gasteiger partial charge in [-0.3, -0.25) is 9.69 Å². The van der Waals surface area contributed by atoms with Crippen molar-refractivity contribution in [2.24, 2.45) is 0 Å². The van der Waals surface area contributed by atoms with Crippen molar-refractivity contribution in [2.45, 2.75) is 12.3 Å². The largest absolute Gasteiger partial charge is 0.545 e. The predicted octanol–water partition coefficient (Wildman–Crippen LogP) is -3.20. The molecule has 0 spiro atoms. The molecule has 2 aliphatic rings. The number of carbonyl (C=O) groups excluding carboxylic acids is 3. The summed E-state index contributed by atoms with van der Waals surface area (Å²) in [5, 5.41) is 19.8. The summed E-state index contributed by atoms with van der Waals surface area (Å²) >= 11 is 0. The molecule has 0 aromatic carbocycles. The maximum Gasteiger partial charge on any atom is 0.258 e. The van der Waals surface area contributed by atoms with Crippen LogP contribution in [0.25, 0.3) is 0 Å². The third-order valence-corrected chi connectivity index (χ3v) is 5.13. The molecule has 0 aromatic heterocycles. The lowest BCUT2D eigenvalue weighted by molar-refractivity contribution is -0.301. The highest BCUT2D eigenvalue weighted by molar-refractivity contribution is 7.96. The van der Waals surface area contributed by atoms with Crippen LogP contribution in [-0.4, -0.2) is 36.5 Å². The number of fused-ring (bicyclic) bond motifs is 1. The molecule has 1 amide bonds. The van der Waals surface area contributed by atoms with Crippen molar-refractivity contribution in [2.75, 3.05) is 0 Å². The summed E-state index contributed by atoms with van der Waals surface area (Å²) in [5.41, 5.74) is -1.42. The second-order valence-electron chi connectivity index (χ2n) is 4.18. The number of aliphatic carboxylic acids is 2. The number of carboxylic acid groups (broad SMARTS) is 2. The molecule has 2 rings (SSSR count). The minimum absolute atomic E-state index is 0.220. The van der Waals surface area contributed by atoms with E-state index in [1.807, 2.05) is 0 Å². The Balaban J connectivity index is 2.71. The Hall–Kier alpha value is -2.42. The van der Waals surface area contributed by atoms with Crippen molar-refractivity contribution < 1.29 is 33.0 Å². The number of carbonyl (C=O) groups is 3. The number of carboxylic acids is 2. The number of nitrogens with zero attached hydrogens (tertiary/aromatic N) is 1. The monoisotopic (exact) mass is 297 g/mol. The lowest BCUT2D eigenvalue weighted by Crippen LogP contribution is -2.63. The van der Waals surface area contributed by atoms with Gasteiger partial charge in [0.05, 0.1) is 28.1 Å². The Bertz CT molecular complexity index is 741. The Morgan fingerprint density at radius 3 is 2.35 bits per heavy atom. The molecular formula is C11H7NO7S-2. The first-order valence-corrected chi connectivity index (χ1v) is 6.77. The van der Waals surface area contributed by atoms with Gasteiger partial charge in [-0.1, -0.05) is 6.58 Å². The quantitative estimate of drug-likeness (QED) is 0.387. The van der Waals surface area contributed by atoms with E-state index in [1.54, 1.807) is 0 Å². The van der Waals surface area contributed by atoms with Gasteiger partial charge in [0.2, 0.25) is 9.84 Å². The van der Waals surface area contributed by atoms with E-state index in [0.29, 0.717) is 11.0 Å². The highest BCUT2D eigenvalue weighted by Crippen LogP contribution is 2.43. The number of sulfone groups is 1. The molecule has 2 heterocycles. The van der Waals surface area contributed by atoms with Gasteiger partial charge in [-0.05, 0) is 18.6 Å². The summed E-state index contributed by atoms with van der Waals surface area (Å²) in [6.07, 6.45) is 0.335. The van der Waals surface area contributed by atoms with E-state index in [9.17, 15) is 33.0 Å². The van der Waals surface area contributed by atoms with Crippen molar-refractivity contribution in [1.82, 2.24) is 4.90 Å². The Kier molecular flexibility index (Phi) is 2.82. The molecule has 0 bridgehead atoms. The standard InChI is InChI=1S/C11H9NO7S/c1-4-5(2)20(18,19)10-6(3-7(13)14)9(15)12(10)8(4)11(16)17/h3,10H,2H2,1H3,(H,13,14)(H,16,17)/p-2/b6-3-/t10-/m1/s1. The van der Waals surface area contributed by atoms with E-state index in [4.69, 9.17) is 0 Å².